The molecule has 6 heteroatoms. The van der Waals surface area contributed by atoms with Gasteiger partial charge in [0, 0.05) is 6.42 Å². The lowest BCUT2D eigenvalue weighted by Gasteiger charge is -2.40. The topological polar surface area (TPSA) is 76.1 Å². The van der Waals surface area contributed by atoms with Crippen molar-refractivity contribution in [2.75, 3.05) is 26.3 Å². The molecule has 6 nitrogen and oxygen atoms in total. The highest BCUT2D eigenvalue weighted by Gasteiger charge is 2.56. The van der Waals surface area contributed by atoms with Crippen LogP contribution in [0.4, 0.5) is 0 Å². The quantitative estimate of drug-likeness (QED) is 0.338. The summed E-state index contributed by atoms with van der Waals surface area (Å²) in [6, 6.07) is 18.4. The Labute approximate surface area is 202 Å². The highest BCUT2D eigenvalue weighted by Crippen LogP contribution is 2.41. The molecule has 0 aromatic heterocycles. The predicted molar refractivity (Wildman–Crippen MR) is 132 cm³/mol. The fourth-order valence-electron chi connectivity index (χ4n) is 5.16. The predicted octanol–water partition coefficient (Wildman–Crippen LogP) is 4.75. The van der Waals surface area contributed by atoms with E-state index < -0.39 is 23.4 Å². The van der Waals surface area contributed by atoms with Crippen molar-refractivity contribution in [3.8, 4) is 5.75 Å². The standard InChI is InChI=1S/C28H37NO5/c1-3-29(4-2)28(19-10-15-24(28)26(30)31)27(32)34-21-11-20-33-25-16-9-8-14-23(25)18-17-22-12-6-5-7-13-22/h5-9,12-14,16,24H,3-4,10-11,15,17-21H2,1-2H3,(H,30,31). The molecular formula is C28H37NO5. The second-order valence-electron chi connectivity index (χ2n) is 8.81. The van der Waals surface area contributed by atoms with Gasteiger partial charge >= 0.3 is 11.9 Å². The number of para-hydroxylation sites is 1. The van der Waals surface area contributed by atoms with Crippen molar-refractivity contribution >= 4 is 11.9 Å². The number of carbonyl (C=O) groups excluding carboxylic acids is 1. The molecule has 1 aliphatic carbocycles. The van der Waals surface area contributed by atoms with Gasteiger partial charge < -0.3 is 14.6 Å². The number of aryl methyl sites for hydroxylation is 2. The summed E-state index contributed by atoms with van der Waals surface area (Å²) in [5.74, 6) is -1.21. The van der Waals surface area contributed by atoms with E-state index in [4.69, 9.17) is 9.47 Å². The van der Waals surface area contributed by atoms with Gasteiger partial charge in [0.15, 0.2) is 0 Å². The smallest absolute Gasteiger partial charge is 0.327 e. The Hall–Kier alpha value is -2.86. The summed E-state index contributed by atoms with van der Waals surface area (Å²) in [7, 11) is 0. The molecule has 2 atom stereocenters. The Bertz CT molecular complexity index is 927. The highest BCUT2D eigenvalue weighted by molar-refractivity contribution is 5.89. The Kier molecular flexibility index (Phi) is 9.52. The molecular weight excluding hydrogens is 430 g/mol. The number of carboxylic acids is 1. The van der Waals surface area contributed by atoms with Crippen LogP contribution in [0, 0.1) is 5.92 Å². The Morgan fingerprint density at radius 2 is 1.71 bits per heavy atom. The van der Waals surface area contributed by atoms with Crippen LogP contribution in [0.15, 0.2) is 54.6 Å². The van der Waals surface area contributed by atoms with Gasteiger partial charge in [-0.25, -0.2) is 0 Å². The molecule has 1 saturated carbocycles. The first-order valence-corrected chi connectivity index (χ1v) is 12.4. The van der Waals surface area contributed by atoms with Crippen LogP contribution >= 0.6 is 0 Å². The average Bonchev–Trinajstić information content (AvgIpc) is 3.31. The molecule has 0 amide bonds. The lowest BCUT2D eigenvalue weighted by Crippen LogP contribution is -2.59. The zero-order valence-corrected chi connectivity index (χ0v) is 20.4. The number of likely N-dealkylation sites (N-methyl/N-ethyl adjacent to an activating group) is 1. The molecule has 2 aromatic rings. The average molecular weight is 468 g/mol. The fourth-order valence-corrected chi connectivity index (χ4v) is 5.16. The molecule has 2 aromatic carbocycles. The molecule has 0 spiro atoms. The van der Waals surface area contributed by atoms with E-state index in [-0.39, 0.29) is 6.61 Å². The van der Waals surface area contributed by atoms with Gasteiger partial charge in [-0.3, -0.25) is 14.5 Å². The maximum Gasteiger partial charge on any atom is 0.327 e. The molecule has 1 aliphatic rings. The highest BCUT2D eigenvalue weighted by atomic mass is 16.5. The second-order valence-corrected chi connectivity index (χ2v) is 8.81. The van der Waals surface area contributed by atoms with Crippen LogP contribution in [-0.4, -0.2) is 53.8 Å². The SMILES string of the molecule is CCN(CC)C1(C(=O)OCCCOc2ccccc2CCc2ccccc2)CCCC1C(=O)O. The minimum atomic E-state index is -1.07. The first-order valence-electron chi connectivity index (χ1n) is 12.4. The summed E-state index contributed by atoms with van der Waals surface area (Å²) in [5, 5.41) is 9.76. The first-order chi connectivity index (χ1) is 16.5. The summed E-state index contributed by atoms with van der Waals surface area (Å²) >= 11 is 0. The van der Waals surface area contributed by atoms with E-state index >= 15 is 0 Å². The van der Waals surface area contributed by atoms with Crippen LogP contribution in [-0.2, 0) is 27.2 Å². The molecule has 184 valence electrons. The Balaban J connectivity index is 1.52. The lowest BCUT2D eigenvalue weighted by atomic mass is 9.84. The van der Waals surface area contributed by atoms with Crippen LogP contribution in [0.25, 0.3) is 0 Å². The number of rotatable bonds is 13. The summed E-state index contributed by atoms with van der Waals surface area (Å²) in [6.07, 6.45) is 4.12. The van der Waals surface area contributed by atoms with Gasteiger partial charge in [0.2, 0.25) is 0 Å². The van der Waals surface area contributed by atoms with Crippen molar-refractivity contribution in [3.05, 3.63) is 65.7 Å². The molecule has 0 saturated heterocycles. The third-order valence-corrected chi connectivity index (χ3v) is 6.88. The number of carbonyl (C=O) groups is 2. The number of aliphatic carboxylic acids is 1. The molecule has 0 radical (unpaired) electrons. The molecule has 2 unspecified atom stereocenters. The minimum Gasteiger partial charge on any atom is -0.493 e. The Morgan fingerprint density at radius 3 is 2.41 bits per heavy atom. The van der Waals surface area contributed by atoms with Gasteiger partial charge in [0.25, 0.3) is 0 Å². The maximum absolute atomic E-state index is 13.2. The summed E-state index contributed by atoms with van der Waals surface area (Å²) in [5.41, 5.74) is 1.37. The van der Waals surface area contributed by atoms with E-state index in [0.717, 1.165) is 24.2 Å². The number of carboxylic acid groups (broad SMARTS) is 1. The van der Waals surface area contributed by atoms with Crippen molar-refractivity contribution in [2.45, 2.75) is 57.9 Å². The largest absolute Gasteiger partial charge is 0.493 e. The zero-order chi connectivity index (χ0) is 24.4. The van der Waals surface area contributed by atoms with Crippen molar-refractivity contribution in [1.82, 2.24) is 4.90 Å². The van der Waals surface area contributed by atoms with E-state index in [2.05, 4.69) is 18.2 Å². The van der Waals surface area contributed by atoms with Crippen LogP contribution in [0.5, 0.6) is 5.75 Å². The number of hydrogen-bond acceptors (Lipinski definition) is 5. The molecule has 34 heavy (non-hydrogen) atoms. The van der Waals surface area contributed by atoms with Gasteiger partial charge in [0.1, 0.15) is 11.3 Å². The Morgan fingerprint density at radius 1 is 1.00 bits per heavy atom. The number of ether oxygens (including phenoxy) is 2. The molecule has 1 N–H and O–H groups in total. The van der Waals surface area contributed by atoms with Crippen molar-refractivity contribution in [3.63, 3.8) is 0 Å². The number of esters is 1. The first kappa shape index (κ1) is 25.8. The van der Waals surface area contributed by atoms with E-state index in [1.807, 2.05) is 55.1 Å². The number of nitrogens with zero attached hydrogens (tertiary/aromatic N) is 1. The maximum atomic E-state index is 13.2. The van der Waals surface area contributed by atoms with Crippen LogP contribution in [0.1, 0.15) is 50.7 Å². The van der Waals surface area contributed by atoms with E-state index in [1.165, 1.54) is 5.56 Å². The lowest BCUT2D eigenvalue weighted by molar-refractivity contribution is -0.168. The summed E-state index contributed by atoms with van der Waals surface area (Å²) in [6.45, 7) is 5.77. The van der Waals surface area contributed by atoms with E-state index in [1.54, 1.807) is 0 Å². The zero-order valence-electron chi connectivity index (χ0n) is 20.4. The van der Waals surface area contributed by atoms with Gasteiger partial charge in [-0.15, -0.1) is 0 Å². The third-order valence-electron chi connectivity index (χ3n) is 6.88. The van der Waals surface area contributed by atoms with Crippen LogP contribution in [0.3, 0.4) is 0 Å². The van der Waals surface area contributed by atoms with Crippen LogP contribution in [0.2, 0.25) is 0 Å². The van der Waals surface area contributed by atoms with E-state index in [0.29, 0.717) is 45.4 Å². The normalized spacial score (nSPS) is 19.8. The van der Waals surface area contributed by atoms with Gasteiger partial charge in [-0.05, 0) is 56.0 Å². The van der Waals surface area contributed by atoms with Gasteiger partial charge in [-0.2, -0.15) is 0 Å². The second kappa shape index (κ2) is 12.6. The molecule has 3 rings (SSSR count). The van der Waals surface area contributed by atoms with Gasteiger partial charge in [0.05, 0.1) is 19.1 Å². The molecule has 0 bridgehead atoms. The molecule has 1 fully saturated rings. The van der Waals surface area contributed by atoms with Gasteiger partial charge in [-0.1, -0.05) is 68.8 Å². The van der Waals surface area contributed by atoms with Crippen molar-refractivity contribution < 1.29 is 24.2 Å². The summed E-state index contributed by atoms with van der Waals surface area (Å²) in [4.78, 5) is 27.1. The van der Waals surface area contributed by atoms with Crippen molar-refractivity contribution in [2.24, 2.45) is 5.92 Å². The van der Waals surface area contributed by atoms with Crippen molar-refractivity contribution in [1.29, 1.82) is 0 Å². The van der Waals surface area contributed by atoms with E-state index in [9.17, 15) is 14.7 Å². The molecule has 0 heterocycles. The minimum absolute atomic E-state index is 0.209. The monoisotopic (exact) mass is 467 g/mol. The molecule has 0 aliphatic heterocycles. The number of benzene rings is 2. The summed E-state index contributed by atoms with van der Waals surface area (Å²) < 4.78 is 11.7. The number of hydrogen-bond donors (Lipinski definition) is 1. The van der Waals surface area contributed by atoms with Crippen LogP contribution < -0.4 is 4.74 Å². The third kappa shape index (κ3) is 5.98. The fraction of sp³-hybridized carbons (Fsp3) is 0.500.